The van der Waals surface area contributed by atoms with Crippen molar-refractivity contribution in [2.75, 3.05) is 27.3 Å². The highest BCUT2D eigenvalue weighted by molar-refractivity contribution is 7.17. The molecule has 7 nitrogen and oxygen atoms in total. The monoisotopic (exact) mass is 389 g/mol. The van der Waals surface area contributed by atoms with Crippen LogP contribution in [-0.2, 0) is 0 Å². The standard InChI is InChI=1S/C19H24N4O3S/c1-12-6-8-22(9-7-12)16(13-4-5-14(25-2)15(10-13)26-3)17-18(24)23-19(27-17)20-11-21-23/h4-5,10-12,16,24H,6-9H2,1-3H3/p+1/t16-/m1/s1. The van der Waals surface area contributed by atoms with Gasteiger partial charge in [0.1, 0.15) is 11.2 Å². The summed E-state index contributed by atoms with van der Waals surface area (Å²) in [5.74, 6) is 2.33. The zero-order chi connectivity index (χ0) is 19.0. The van der Waals surface area contributed by atoms with Crippen LogP contribution in [0.3, 0.4) is 0 Å². The van der Waals surface area contributed by atoms with E-state index < -0.39 is 0 Å². The predicted octanol–water partition coefficient (Wildman–Crippen LogP) is 1.92. The van der Waals surface area contributed by atoms with Crippen molar-refractivity contribution >= 4 is 16.3 Å². The first-order valence-electron chi connectivity index (χ1n) is 9.20. The molecule has 27 heavy (non-hydrogen) atoms. The van der Waals surface area contributed by atoms with Gasteiger partial charge < -0.3 is 19.5 Å². The van der Waals surface area contributed by atoms with Crippen molar-refractivity contribution in [2.24, 2.45) is 5.92 Å². The van der Waals surface area contributed by atoms with Gasteiger partial charge in [0.05, 0.1) is 27.3 Å². The van der Waals surface area contributed by atoms with Crippen molar-refractivity contribution in [3.05, 3.63) is 35.0 Å². The minimum Gasteiger partial charge on any atom is -0.493 e. The van der Waals surface area contributed by atoms with Crippen molar-refractivity contribution in [1.29, 1.82) is 0 Å². The number of likely N-dealkylation sites (tertiary alicyclic amines) is 1. The molecule has 1 atom stereocenters. The summed E-state index contributed by atoms with van der Waals surface area (Å²) >= 11 is 1.50. The summed E-state index contributed by atoms with van der Waals surface area (Å²) in [6.07, 6.45) is 3.83. The minimum absolute atomic E-state index is 0.00538. The van der Waals surface area contributed by atoms with Gasteiger partial charge in [0.25, 0.3) is 0 Å². The van der Waals surface area contributed by atoms with Crippen LogP contribution in [0.5, 0.6) is 17.4 Å². The summed E-state index contributed by atoms with van der Waals surface area (Å²) in [6, 6.07) is 6.02. The van der Waals surface area contributed by atoms with Crippen molar-refractivity contribution < 1.29 is 19.5 Å². The molecule has 4 rings (SSSR count). The van der Waals surface area contributed by atoms with Crippen LogP contribution in [0.4, 0.5) is 0 Å². The fraction of sp³-hybridized carbons (Fsp3) is 0.474. The molecule has 2 aromatic heterocycles. The molecule has 144 valence electrons. The highest BCUT2D eigenvalue weighted by Gasteiger charge is 2.35. The summed E-state index contributed by atoms with van der Waals surface area (Å²) in [6.45, 7) is 4.43. The lowest BCUT2D eigenvalue weighted by Gasteiger charge is -2.33. The van der Waals surface area contributed by atoms with Crippen LogP contribution < -0.4 is 14.4 Å². The molecule has 0 bridgehead atoms. The van der Waals surface area contributed by atoms with E-state index in [9.17, 15) is 5.11 Å². The lowest BCUT2D eigenvalue weighted by Crippen LogP contribution is -3.13. The number of hydrogen-bond acceptors (Lipinski definition) is 6. The number of rotatable bonds is 5. The van der Waals surface area contributed by atoms with Crippen LogP contribution in [0.15, 0.2) is 24.5 Å². The molecule has 2 N–H and O–H groups in total. The topological polar surface area (TPSA) is 73.3 Å². The van der Waals surface area contributed by atoms with E-state index >= 15 is 0 Å². The molecule has 1 aliphatic rings. The number of piperidine rings is 1. The van der Waals surface area contributed by atoms with Gasteiger partial charge >= 0.3 is 0 Å². The quantitative estimate of drug-likeness (QED) is 0.698. The maximum atomic E-state index is 10.8. The maximum Gasteiger partial charge on any atom is 0.235 e. The Morgan fingerprint density at radius 2 is 1.96 bits per heavy atom. The summed E-state index contributed by atoms with van der Waals surface area (Å²) in [5, 5.41) is 15.0. The molecule has 0 saturated carbocycles. The molecular formula is C19H25N4O3S+. The second kappa shape index (κ2) is 7.36. The molecule has 0 radical (unpaired) electrons. The number of hydrogen-bond donors (Lipinski definition) is 2. The molecular weight excluding hydrogens is 364 g/mol. The number of nitrogens with one attached hydrogen (secondary N) is 1. The zero-order valence-corrected chi connectivity index (χ0v) is 16.6. The smallest absolute Gasteiger partial charge is 0.235 e. The summed E-state index contributed by atoms with van der Waals surface area (Å²) in [4.78, 5) is 7.29. The van der Waals surface area contributed by atoms with Crippen molar-refractivity contribution in [3.63, 3.8) is 0 Å². The number of thiazole rings is 1. The first-order valence-corrected chi connectivity index (χ1v) is 10.0. The molecule has 0 aliphatic carbocycles. The third-order valence-electron chi connectivity index (χ3n) is 5.47. The third-order valence-corrected chi connectivity index (χ3v) is 6.57. The van der Waals surface area contributed by atoms with Gasteiger partial charge in [0.15, 0.2) is 17.5 Å². The lowest BCUT2D eigenvalue weighted by molar-refractivity contribution is -0.931. The Morgan fingerprint density at radius 1 is 1.22 bits per heavy atom. The summed E-state index contributed by atoms with van der Waals surface area (Å²) in [7, 11) is 3.28. The highest BCUT2D eigenvalue weighted by atomic mass is 32.1. The molecule has 0 amide bonds. The van der Waals surface area contributed by atoms with E-state index in [0.717, 1.165) is 29.4 Å². The van der Waals surface area contributed by atoms with E-state index in [1.165, 1.54) is 39.9 Å². The largest absolute Gasteiger partial charge is 0.493 e. The van der Waals surface area contributed by atoms with Gasteiger partial charge in [0, 0.05) is 5.56 Å². The Balaban J connectivity index is 1.81. The van der Waals surface area contributed by atoms with Crippen LogP contribution in [-0.4, -0.2) is 47.0 Å². The van der Waals surface area contributed by atoms with Crippen molar-refractivity contribution in [1.82, 2.24) is 14.6 Å². The zero-order valence-electron chi connectivity index (χ0n) is 15.8. The van der Waals surface area contributed by atoms with E-state index in [0.29, 0.717) is 16.5 Å². The van der Waals surface area contributed by atoms with Crippen LogP contribution in [0.25, 0.3) is 4.96 Å². The number of quaternary nitrogens is 1. The SMILES string of the molecule is COc1ccc([C@H](c2sc3ncnn3c2O)[NH+]2CCC(C)CC2)cc1OC. The third kappa shape index (κ3) is 3.23. The second-order valence-electron chi connectivity index (χ2n) is 7.13. The van der Waals surface area contributed by atoms with Gasteiger partial charge in [0.2, 0.25) is 10.8 Å². The van der Waals surface area contributed by atoms with Gasteiger partial charge in [-0.2, -0.15) is 9.61 Å². The highest BCUT2D eigenvalue weighted by Crippen LogP contribution is 2.37. The number of nitrogens with zero attached hydrogens (tertiary/aromatic N) is 3. The van der Waals surface area contributed by atoms with Gasteiger partial charge in [-0.1, -0.05) is 18.3 Å². The fourth-order valence-corrected chi connectivity index (χ4v) is 5.02. The number of benzene rings is 1. The van der Waals surface area contributed by atoms with Crippen LogP contribution in [0.2, 0.25) is 0 Å². The Kier molecular flexibility index (Phi) is 4.92. The number of methoxy groups -OCH3 is 2. The average Bonchev–Trinajstić information content (AvgIpc) is 3.27. The maximum absolute atomic E-state index is 10.8. The first kappa shape index (κ1) is 18.1. The first-order chi connectivity index (χ1) is 13.1. The fourth-order valence-electron chi connectivity index (χ4n) is 3.91. The van der Waals surface area contributed by atoms with E-state index in [4.69, 9.17) is 9.47 Å². The van der Waals surface area contributed by atoms with E-state index in [1.54, 1.807) is 14.2 Å². The lowest BCUT2D eigenvalue weighted by atomic mass is 9.95. The molecule has 3 aromatic rings. The van der Waals surface area contributed by atoms with E-state index in [1.807, 2.05) is 12.1 Å². The van der Waals surface area contributed by atoms with Gasteiger partial charge in [-0.15, -0.1) is 0 Å². The Morgan fingerprint density at radius 3 is 2.63 bits per heavy atom. The minimum atomic E-state index is 0.00538. The molecule has 0 spiro atoms. The average molecular weight is 390 g/mol. The Labute approximate surface area is 162 Å². The van der Waals surface area contributed by atoms with E-state index in [-0.39, 0.29) is 11.9 Å². The molecule has 3 heterocycles. The van der Waals surface area contributed by atoms with Gasteiger partial charge in [-0.05, 0) is 37.0 Å². The molecule has 1 saturated heterocycles. The Hall–Kier alpha value is -2.32. The van der Waals surface area contributed by atoms with Crippen molar-refractivity contribution in [3.8, 4) is 17.4 Å². The number of ether oxygens (including phenoxy) is 2. The molecule has 8 heteroatoms. The van der Waals surface area contributed by atoms with Gasteiger partial charge in [-0.25, -0.2) is 4.98 Å². The van der Waals surface area contributed by atoms with Crippen LogP contribution >= 0.6 is 11.3 Å². The van der Waals surface area contributed by atoms with Crippen LogP contribution in [0, 0.1) is 5.92 Å². The Bertz CT molecular complexity index is 930. The van der Waals surface area contributed by atoms with Gasteiger partial charge in [-0.3, -0.25) is 0 Å². The molecule has 0 unspecified atom stereocenters. The summed E-state index contributed by atoms with van der Waals surface area (Å²) in [5.41, 5.74) is 1.09. The number of fused-ring (bicyclic) bond motifs is 1. The number of aromatic nitrogens is 3. The molecule has 1 fully saturated rings. The molecule has 1 aliphatic heterocycles. The second-order valence-corrected chi connectivity index (χ2v) is 8.14. The predicted molar refractivity (Wildman–Crippen MR) is 103 cm³/mol. The van der Waals surface area contributed by atoms with E-state index in [2.05, 4.69) is 23.1 Å². The molecule has 1 aromatic carbocycles. The summed E-state index contributed by atoms with van der Waals surface area (Å²) < 4.78 is 12.4. The van der Waals surface area contributed by atoms with Crippen molar-refractivity contribution in [2.45, 2.75) is 25.8 Å². The number of aromatic hydroxyl groups is 1. The normalized spacial score (nSPS) is 21.3. The van der Waals surface area contributed by atoms with Crippen LogP contribution in [0.1, 0.15) is 36.2 Å².